The molecule has 0 spiro atoms. The van der Waals surface area contributed by atoms with Crippen LogP contribution >= 0.6 is 0 Å². The van der Waals surface area contributed by atoms with Crippen molar-refractivity contribution in [3.63, 3.8) is 0 Å². The molecule has 11 nitrogen and oxygen atoms in total. The fourth-order valence-electron chi connectivity index (χ4n) is 3.52. The fourth-order valence-corrected chi connectivity index (χ4v) is 3.52. The van der Waals surface area contributed by atoms with Crippen molar-refractivity contribution >= 4 is 23.8 Å². The molecule has 37 heavy (non-hydrogen) atoms. The minimum absolute atomic E-state index is 0.0591. The summed E-state index contributed by atoms with van der Waals surface area (Å²) in [7, 11) is 0. The summed E-state index contributed by atoms with van der Waals surface area (Å²) in [6.45, 7) is 5.30. The van der Waals surface area contributed by atoms with Crippen molar-refractivity contribution < 1.29 is 28.7 Å². The van der Waals surface area contributed by atoms with Crippen LogP contribution in [0.1, 0.15) is 104 Å². The lowest BCUT2D eigenvalue weighted by Crippen LogP contribution is -2.53. The fraction of sp³-hybridized carbons (Fsp3) is 0.846. The molecule has 11 heteroatoms. The van der Waals surface area contributed by atoms with Crippen molar-refractivity contribution in [3.8, 4) is 0 Å². The number of carbonyl (C=O) groups is 4. The van der Waals surface area contributed by atoms with Gasteiger partial charge in [-0.1, -0.05) is 57.5 Å². The Morgan fingerprint density at radius 3 is 1.49 bits per heavy atom. The molecule has 0 saturated carbocycles. The van der Waals surface area contributed by atoms with Crippen LogP contribution in [0.15, 0.2) is 5.18 Å². The second-order valence-corrected chi connectivity index (χ2v) is 9.08. The van der Waals surface area contributed by atoms with E-state index in [-0.39, 0.29) is 19.4 Å². The molecule has 0 radical (unpaired) electrons. The topological polar surface area (TPSA) is 166 Å². The zero-order valence-electron chi connectivity index (χ0n) is 22.8. The molecule has 0 aromatic rings. The van der Waals surface area contributed by atoms with Gasteiger partial charge in [-0.3, -0.25) is 19.2 Å². The Bertz CT molecular complexity index is 661. The molecule has 0 bridgehead atoms. The number of unbranched alkanes of at least 4 members (excludes halogenated alkanes) is 8. The number of rotatable bonds is 24. The maximum Gasteiger partial charge on any atom is 0.306 e. The van der Waals surface area contributed by atoms with Gasteiger partial charge >= 0.3 is 11.9 Å². The standard InChI is InChI=1S/C26H48N4O7/c1-3-18-28-25(33)23(36-21(31)15-11-7-5-9-13-17-27)24(26(34)29-19-4-2)37-22(32)16-12-8-6-10-14-20-30-35/h23-24H,3-20,27H2,1-2H3,(H,28,33)(H,29,34)/t23-,24-/m1/s1. The van der Waals surface area contributed by atoms with E-state index in [9.17, 15) is 24.1 Å². The third kappa shape index (κ3) is 18.4. The minimum Gasteiger partial charge on any atom is -0.448 e. The highest BCUT2D eigenvalue weighted by molar-refractivity contribution is 5.93. The van der Waals surface area contributed by atoms with Crippen molar-refractivity contribution in [3.05, 3.63) is 4.91 Å². The number of amides is 2. The number of nitrogens with two attached hydrogens (primary N) is 1. The van der Waals surface area contributed by atoms with Gasteiger partial charge in [-0.2, -0.15) is 4.91 Å². The van der Waals surface area contributed by atoms with Gasteiger partial charge in [0.05, 0.1) is 6.54 Å². The third-order valence-corrected chi connectivity index (χ3v) is 5.62. The summed E-state index contributed by atoms with van der Waals surface area (Å²) in [5, 5.41) is 8.10. The Morgan fingerprint density at radius 1 is 0.676 bits per heavy atom. The maximum atomic E-state index is 12.9. The lowest BCUT2D eigenvalue weighted by Gasteiger charge is -2.25. The number of hydrogen-bond donors (Lipinski definition) is 3. The molecule has 0 rings (SSSR count). The SMILES string of the molecule is CCCNC(=O)[C@H](OC(=O)CCCCCCCN)[C@@H](OC(=O)CCCCCCCN=O)C(=O)NCCC. The third-order valence-electron chi connectivity index (χ3n) is 5.62. The number of hydrogen-bond acceptors (Lipinski definition) is 9. The molecule has 214 valence electrons. The molecule has 0 fully saturated rings. The van der Waals surface area contributed by atoms with Crippen LogP contribution in [-0.4, -0.2) is 62.1 Å². The van der Waals surface area contributed by atoms with Gasteiger partial charge < -0.3 is 25.8 Å². The number of esters is 2. The highest BCUT2D eigenvalue weighted by Crippen LogP contribution is 2.14. The Morgan fingerprint density at radius 2 is 1.08 bits per heavy atom. The summed E-state index contributed by atoms with van der Waals surface area (Å²) in [5.74, 6) is -2.62. The van der Waals surface area contributed by atoms with Gasteiger partial charge in [-0.05, 0) is 45.1 Å². The lowest BCUT2D eigenvalue weighted by atomic mass is 10.1. The van der Waals surface area contributed by atoms with E-state index in [0.29, 0.717) is 51.7 Å². The quantitative estimate of drug-likeness (QED) is 0.0975. The molecule has 4 N–H and O–H groups in total. The van der Waals surface area contributed by atoms with Crippen LogP contribution in [0.5, 0.6) is 0 Å². The highest BCUT2D eigenvalue weighted by Gasteiger charge is 2.39. The summed E-state index contributed by atoms with van der Waals surface area (Å²) in [6, 6.07) is 0. The average Bonchev–Trinajstić information content (AvgIpc) is 2.89. The lowest BCUT2D eigenvalue weighted by molar-refractivity contribution is -0.176. The predicted octanol–water partition coefficient (Wildman–Crippen LogP) is 3.27. The molecular formula is C26H48N4O7. The smallest absolute Gasteiger partial charge is 0.306 e. The van der Waals surface area contributed by atoms with Crippen LogP contribution in [0, 0.1) is 4.91 Å². The van der Waals surface area contributed by atoms with Gasteiger partial charge in [0.15, 0.2) is 0 Å². The van der Waals surface area contributed by atoms with Crippen LogP contribution in [0.4, 0.5) is 0 Å². The Kier molecular flexibility index (Phi) is 22.2. The minimum atomic E-state index is -1.58. The predicted molar refractivity (Wildman–Crippen MR) is 141 cm³/mol. The molecule has 0 aliphatic heterocycles. The second-order valence-electron chi connectivity index (χ2n) is 9.08. The first kappa shape index (κ1) is 34.4. The van der Waals surface area contributed by atoms with E-state index in [1.807, 2.05) is 13.8 Å². The summed E-state index contributed by atoms with van der Waals surface area (Å²) in [4.78, 5) is 61.0. The molecular weight excluding hydrogens is 480 g/mol. The summed E-state index contributed by atoms with van der Waals surface area (Å²) >= 11 is 0. The van der Waals surface area contributed by atoms with Gasteiger partial charge in [0.1, 0.15) is 0 Å². The van der Waals surface area contributed by atoms with E-state index in [1.165, 1.54) is 0 Å². The van der Waals surface area contributed by atoms with Crippen LogP contribution in [0.25, 0.3) is 0 Å². The van der Waals surface area contributed by atoms with E-state index >= 15 is 0 Å². The van der Waals surface area contributed by atoms with Crippen molar-refractivity contribution in [2.45, 2.75) is 116 Å². The first-order chi connectivity index (χ1) is 17.9. The zero-order valence-corrected chi connectivity index (χ0v) is 22.8. The first-order valence-corrected chi connectivity index (χ1v) is 13.8. The van der Waals surface area contributed by atoms with Gasteiger partial charge in [-0.15, -0.1) is 0 Å². The molecule has 0 unspecified atom stereocenters. The molecule has 2 atom stereocenters. The number of ether oxygens (including phenoxy) is 2. The average molecular weight is 529 g/mol. The Balaban J connectivity index is 5.19. The van der Waals surface area contributed by atoms with Gasteiger partial charge in [0.2, 0.25) is 12.2 Å². The Hall–Kier alpha value is -2.56. The van der Waals surface area contributed by atoms with Crippen LogP contribution in [-0.2, 0) is 28.7 Å². The van der Waals surface area contributed by atoms with Crippen LogP contribution in [0.3, 0.4) is 0 Å². The molecule has 0 saturated heterocycles. The largest absolute Gasteiger partial charge is 0.448 e. The summed E-state index contributed by atoms with van der Waals surface area (Å²) in [6.07, 6.45) is 6.23. The zero-order chi connectivity index (χ0) is 27.7. The summed E-state index contributed by atoms with van der Waals surface area (Å²) in [5.41, 5.74) is 5.49. The molecule has 0 aromatic carbocycles. The Labute approximate surface area is 221 Å². The highest BCUT2D eigenvalue weighted by atomic mass is 16.6. The van der Waals surface area contributed by atoms with Gasteiger partial charge in [0, 0.05) is 25.9 Å². The molecule has 2 amide bonds. The van der Waals surface area contributed by atoms with E-state index in [1.54, 1.807) is 0 Å². The number of carbonyl (C=O) groups excluding carboxylic acids is 4. The maximum absolute atomic E-state index is 12.9. The van der Waals surface area contributed by atoms with Gasteiger partial charge in [-0.25, -0.2) is 0 Å². The molecule has 0 aliphatic rings. The normalized spacial score (nSPS) is 12.3. The van der Waals surface area contributed by atoms with E-state index in [2.05, 4.69) is 15.8 Å². The van der Waals surface area contributed by atoms with Crippen molar-refractivity contribution in [2.75, 3.05) is 26.2 Å². The molecule has 0 aromatic heterocycles. The van der Waals surface area contributed by atoms with Crippen molar-refractivity contribution in [2.24, 2.45) is 10.9 Å². The van der Waals surface area contributed by atoms with E-state index in [0.717, 1.165) is 44.9 Å². The number of nitroso groups, excluding NO2 is 1. The number of nitrogens with zero attached hydrogens (tertiary/aromatic N) is 1. The van der Waals surface area contributed by atoms with Gasteiger partial charge in [0.25, 0.3) is 11.8 Å². The molecule has 0 aliphatic carbocycles. The first-order valence-electron chi connectivity index (χ1n) is 13.8. The second kappa shape index (κ2) is 23.8. The van der Waals surface area contributed by atoms with E-state index in [4.69, 9.17) is 15.2 Å². The van der Waals surface area contributed by atoms with E-state index < -0.39 is 36.0 Å². The number of nitrogens with one attached hydrogen (secondary N) is 2. The van der Waals surface area contributed by atoms with Crippen molar-refractivity contribution in [1.82, 2.24) is 10.6 Å². The van der Waals surface area contributed by atoms with Crippen molar-refractivity contribution in [1.29, 1.82) is 0 Å². The monoisotopic (exact) mass is 528 g/mol. The van der Waals surface area contributed by atoms with Crippen LogP contribution in [0.2, 0.25) is 0 Å². The van der Waals surface area contributed by atoms with Crippen LogP contribution < -0.4 is 16.4 Å². The molecule has 0 heterocycles. The summed E-state index contributed by atoms with van der Waals surface area (Å²) < 4.78 is 10.9.